The Labute approximate surface area is 115 Å². The van der Waals surface area contributed by atoms with Gasteiger partial charge >= 0.3 is 11.9 Å². The van der Waals surface area contributed by atoms with E-state index in [-0.39, 0.29) is 12.8 Å². The first-order valence-electron chi connectivity index (χ1n) is 6.06. The number of nitrogens with one attached hydrogen (secondary N) is 1. The van der Waals surface area contributed by atoms with E-state index >= 15 is 0 Å². The number of carboxylic acids is 2. The smallest absolute Gasteiger partial charge is 0.326 e. The number of aliphatic carboxylic acids is 2. The maximum absolute atomic E-state index is 12.1. The molecule has 3 N–H and O–H groups in total. The second kappa shape index (κ2) is 6.23. The Morgan fingerprint density at radius 3 is 2.15 bits per heavy atom. The Morgan fingerprint density at radius 1 is 1.15 bits per heavy atom. The lowest BCUT2D eigenvalue weighted by Crippen LogP contribution is -2.41. The van der Waals surface area contributed by atoms with Gasteiger partial charge in [0.2, 0.25) is 0 Å². The van der Waals surface area contributed by atoms with Crippen LogP contribution in [0.3, 0.4) is 0 Å². The molecule has 1 heterocycles. The first kappa shape index (κ1) is 15.7. The summed E-state index contributed by atoms with van der Waals surface area (Å²) in [5.41, 5.74) is 0.937. The molecule has 1 aromatic heterocycles. The highest BCUT2D eigenvalue weighted by Gasteiger charge is 2.25. The predicted molar refractivity (Wildman–Crippen MR) is 68.7 cm³/mol. The molecule has 1 atom stereocenters. The Morgan fingerprint density at radius 2 is 1.75 bits per heavy atom. The van der Waals surface area contributed by atoms with E-state index in [1.54, 1.807) is 20.8 Å². The highest BCUT2D eigenvalue weighted by Crippen LogP contribution is 2.20. The zero-order valence-electron chi connectivity index (χ0n) is 11.5. The molecular formula is C13H17NO6. The van der Waals surface area contributed by atoms with Crippen LogP contribution >= 0.6 is 0 Å². The molecule has 0 aliphatic carbocycles. The van der Waals surface area contributed by atoms with Crippen molar-refractivity contribution in [2.75, 3.05) is 0 Å². The fourth-order valence-corrected chi connectivity index (χ4v) is 1.88. The van der Waals surface area contributed by atoms with Crippen molar-refractivity contribution in [1.82, 2.24) is 5.32 Å². The lowest BCUT2D eigenvalue weighted by atomic mass is 10.1. The van der Waals surface area contributed by atoms with Crippen molar-refractivity contribution in [2.45, 2.75) is 39.7 Å². The molecule has 0 fully saturated rings. The van der Waals surface area contributed by atoms with Crippen LogP contribution in [-0.2, 0) is 9.59 Å². The second-order valence-corrected chi connectivity index (χ2v) is 4.51. The second-order valence-electron chi connectivity index (χ2n) is 4.51. The van der Waals surface area contributed by atoms with Gasteiger partial charge in [-0.25, -0.2) is 4.79 Å². The van der Waals surface area contributed by atoms with E-state index in [1.807, 2.05) is 0 Å². The maximum atomic E-state index is 12.1. The summed E-state index contributed by atoms with van der Waals surface area (Å²) >= 11 is 0. The van der Waals surface area contributed by atoms with E-state index < -0.39 is 23.9 Å². The molecule has 110 valence electrons. The molecule has 0 saturated heterocycles. The Kier molecular flexibility index (Phi) is 4.90. The van der Waals surface area contributed by atoms with Crippen LogP contribution < -0.4 is 5.32 Å². The molecule has 1 aromatic rings. The van der Waals surface area contributed by atoms with Crippen molar-refractivity contribution in [3.8, 4) is 0 Å². The molecule has 0 unspecified atom stereocenters. The molecule has 0 bridgehead atoms. The minimum Gasteiger partial charge on any atom is -0.481 e. The number of hydrogen-bond acceptors (Lipinski definition) is 4. The van der Waals surface area contributed by atoms with Gasteiger partial charge in [0.1, 0.15) is 17.6 Å². The fraction of sp³-hybridized carbons (Fsp3) is 0.462. The molecule has 0 spiro atoms. The number of aryl methyl sites for hydroxylation is 2. The predicted octanol–water partition coefficient (Wildman–Crippen LogP) is 1.25. The van der Waals surface area contributed by atoms with Crippen LogP contribution in [0.25, 0.3) is 0 Å². The van der Waals surface area contributed by atoms with Gasteiger partial charge in [0.15, 0.2) is 0 Å². The van der Waals surface area contributed by atoms with Crippen molar-refractivity contribution >= 4 is 17.8 Å². The van der Waals surface area contributed by atoms with Gasteiger partial charge in [0.25, 0.3) is 5.91 Å². The van der Waals surface area contributed by atoms with E-state index in [1.165, 1.54) is 0 Å². The molecule has 0 aliphatic rings. The minimum absolute atomic E-state index is 0.175. The average Bonchev–Trinajstić information content (AvgIpc) is 2.58. The third kappa shape index (κ3) is 3.59. The summed E-state index contributed by atoms with van der Waals surface area (Å²) in [5.74, 6) is -1.97. The number of rotatable bonds is 6. The number of carboxylic acid groups (broad SMARTS) is 2. The van der Waals surface area contributed by atoms with Crippen molar-refractivity contribution in [3.05, 3.63) is 22.6 Å². The van der Waals surface area contributed by atoms with E-state index in [0.29, 0.717) is 22.6 Å². The first-order valence-corrected chi connectivity index (χ1v) is 6.06. The van der Waals surface area contributed by atoms with Crippen LogP contribution in [0.15, 0.2) is 4.42 Å². The summed E-state index contributed by atoms with van der Waals surface area (Å²) in [5, 5.41) is 19.9. The van der Waals surface area contributed by atoms with Gasteiger partial charge in [-0.15, -0.1) is 0 Å². The van der Waals surface area contributed by atoms with Crippen LogP contribution in [0, 0.1) is 20.8 Å². The molecule has 20 heavy (non-hydrogen) atoms. The Balaban J connectivity index is 2.85. The number of carbonyl (C=O) groups is 3. The number of amides is 1. The average molecular weight is 283 g/mol. The molecule has 7 nitrogen and oxygen atoms in total. The lowest BCUT2D eigenvalue weighted by Gasteiger charge is -2.13. The lowest BCUT2D eigenvalue weighted by molar-refractivity contribution is -0.140. The monoisotopic (exact) mass is 283 g/mol. The molecule has 0 aliphatic heterocycles. The van der Waals surface area contributed by atoms with E-state index in [9.17, 15) is 14.4 Å². The zero-order valence-corrected chi connectivity index (χ0v) is 11.5. The highest BCUT2D eigenvalue weighted by molar-refractivity contribution is 5.98. The third-order valence-corrected chi connectivity index (χ3v) is 3.04. The molecule has 7 heteroatoms. The van der Waals surface area contributed by atoms with E-state index in [4.69, 9.17) is 14.6 Å². The summed E-state index contributed by atoms with van der Waals surface area (Å²) in [6, 6.07) is -1.24. The van der Waals surface area contributed by atoms with Gasteiger partial charge < -0.3 is 19.9 Å². The number of carbonyl (C=O) groups excluding carboxylic acids is 1. The van der Waals surface area contributed by atoms with Gasteiger partial charge in [0, 0.05) is 12.0 Å². The van der Waals surface area contributed by atoms with Crippen molar-refractivity contribution < 1.29 is 29.0 Å². The number of furan rings is 1. The Bertz CT molecular complexity index is 545. The first-order chi connectivity index (χ1) is 9.23. The van der Waals surface area contributed by atoms with Crippen LogP contribution in [0.2, 0.25) is 0 Å². The third-order valence-electron chi connectivity index (χ3n) is 3.04. The maximum Gasteiger partial charge on any atom is 0.326 e. The fourth-order valence-electron chi connectivity index (χ4n) is 1.88. The van der Waals surface area contributed by atoms with Crippen LogP contribution in [-0.4, -0.2) is 34.1 Å². The van der Waals surface area contributed by atoms with Gasteiger partial charge in [-0.1, -0.05) is 0 Å². The number of hydrogen-bond donors (Lipinski definition) is 3. The quantitative estimate of drug-likeness (QED) is 0.723. The molecule has 1 rings (SSSR count). The normalized spacial score (nSPS) is 11.9. The summed E-state index contributed by atoms with van der Waals surface area (Å²) < 4.78 is 5.30. The van der Waals surface area contributed by atoms with Crippen molar-refractivity contribution in [1.29, 1.82) is 0 Å². The minimum atomic E-state index is -1.27. The van der Waals surface area contributed by atoms with Crippen molar-refractivity contribution in [2.24, 2.45) is 0 Å². The molecule has 0 radical (unpaired) electrons. The van der Waals surface area contributed by atoms with Crippen LogP contribution in [0.5, 0.6) is 0 Å². The van der Waals surface area contributed by atoms with Gasteiger partial charge in [-0.2, -0.15) is 0 Å². The van der Waals surface area contributed by atoms with Gasteiger partial charge in [-0.3, -0.25) is 9.59 Å². The summed E-state index contributed by atoms with van der Waals surface area (Å²) in [4.78, 5) is 33.6. The molecule has 0 saturated carbocycles. The molecular weight excluding hydrogens is 266 g/mol. The Hall–Kier alpha value is -2.31. The SMILES string of the molecule is Cc1oc(C)c(C(=O)N[C@@H](CCC(=O)O)C(=O)O)c1C. The van der Waals surface area contributed by atoms with Gasteiger partial charge in [0.05, 0.1) is 5.56 Å². The standard InChI is InChI=1S/C13H17NO6/c1-6-7(2)20-8(3)11(6)12(17)14-9(13(18)19)4-5-10(15)16/h9H,4-5H2,1-3H3,(H,14,17)(H,15,16)(H,18,19)/t9-/m0/s1. The van der Waals surface area contributed by atoms with Crippen LogP contribution in [0.4, 0.5) is 0 Å². The largest absolute Gasteiger partial charge is 0.481 e. The van der Waals surface area contributed by atoms with E-state index in [0.717, 1.165) is 0 Å². The summed E-state index contributed by atoms with van der Waals surface area (Å²) in [6.07, 6.45) is -0.509. The highest BCUT2D eigenvalue weighted by atomic mass is 16.4. The van der Waals surface area contributed by atoms with Gasteiger partial charge in [-0.05, 0) is 27.2 Å². The zero-order chi connectivity index (χ0) is 15.4. The topological polar surface area (TPSA) is 117 Å². The summed E-state index contributed by atoms with van der Waals surface area (Å²) in [6.45, 7) is 5.02. The van der Waals surface area contributed by atoms with E-state index in [2.05, 4.69) is 5.32 Å². The summed E-state index contributed by atoms with van der Waals surface area (Å²) in [7, 11) is 0. The van der Waals surface area contributed by atoms with Crippen LogP contribution in [0.1, 0.15) is 40.3 Å². The van der Waals surface area contributed by atoms with Crippen molar-refractivity contribution in [3.63, 3.8) is 0 Å². The molecule has 1 amide bonds. The molecule has 0 aromatic carbocycles.